The number of rotatable bonds is 0. The highest BCUT2D eigenvalue weighted by molar-refractivity contribution is 7.26. The van der Waals surface area contributed by atoms with E-state index in [0.717, 1.165) is 11.0 Å². The topological polar surface area (TPSA) is 25.8 Å². The molecule has 0 bridgehead atoms. The first-order valence-electron chi connectivity index (χ1n) is 6.87. The summed E-state index contributed by atoms with van der Waals surface area (Å²) in [6, 6.07) is 4.21. The molecule has 0 unspecified atom stereocenters. The van der Waals surface area contributed by atoms with Crippen molar-refractivity contribution in [3.63, 3.8) is 0 Å². The summed E-state index contributed by atoms with van der Waals surface area (Å²) in [6.07, 6.45) is 0. The van der Waals surface area contributed by atoms with E-state index in [-0.39, 0.29) is 10.8 Å². The molecule has 0 amide bonds. The minimum atomic E-state index is 0.105. The first-order valence-corrected chi connectivity index (χ1v) is 8.50. The standard InChI is InChI=1S/C16H20N2S2/c1-15(2,3)13-17-9-7-8-10-12(11(9)19-13)20-14(18-10)16(4,5)6/h7-8H,1-6H3. The molecule has 0 aliphatic carbocycles. The van der Waals surface area contributed by atoms with Crippen molar-refractivity contribution in [2.24, 2.45) is 0 Å². The largest absolute Gasteiger partial charge is 0.241 e. The molecule has 0 spiro atoms. The number of aromatic nitrogens is 2. The number of fused-ring (bicyclic) bond motifs is 3. The van der Waals surface area contributed by atoms with Crippen LogP contribution in [0.2, 0.25) is 0 Å². The highest BCUT2D eigenvalue weighted by Gasteiger charge is 2.23. The molecule has 2 heterocycles. The van der Waals surface area contributed by atoms with Crippen LogP contribution in [0.25, 0.3) is 20.4 Å². The van der Waals surface area contributed by atoms with E-state index in [4.69, 9.17) is 9.97 Å². The third-order valence-electron chi connectivity index (χ3n) is 3.20. The minimum absolute atomic E-state index is 0.105. The van der Waals surface area contributed by atoms with Crippen molar-refractivity contribution in [1.29, 1.82) is 0 Å². The van der Waals surface area contributed by atoms with Crippen LogP contribution in [-0.2, 0) is 10.8 Å². The third-order valence-corrected chi connectivity index (χ3v) is 6.35. The second kappa shape index (κ2) is 4.25. The second-order valence-corrected chi connectivity index (χ2v) is 9.30. The van der Waals surface area contributed by atoms with E-state index in [2.05, 4.69) is 53.7 Å². The van der Waals surface area contributed by atoms with Gasteiger partial charge in [0.05, 0.1) is 30.4 Å². The molecule has 4 heteroatoms. The van der Waals surface area contributed by atoms with Gasteiger partial charge in [-0.3, -0.25) is 0 Å². The zero-order valence-corrected chi connectivity index (χ0v) is 14.5. The van der Waals surface area contributed by atoms with Gasteiger partial charge in [0.2, 0.25) is 0 Å². The van der Waals surface area contributed by atoms with Crippen LogP contribution in [-0.4, -0.2) is 9.97 Å². The average molecular weight is 304 g/mol. The molecule has 20 heavy (non-hydrogen) atoms. The summed E-state index contributed by atoms with van der Waals surface area (Å²) < 4.78 is 2.58. The summed E-state index contributed by atoms with van der Waals surface area (Å²) in [6.45, 7) is 13.3. The third kappa shape index (κ3) is 2.25. The predicted molar refractivity (Wildman–Crippen MR) is 90.2 cm³/mol. The molecule has 0 radical (unpaired) electrons. The van der Waals surface area contributed by atoms with Crippen LogP contribution < -0.4 is 0 Å². The monoisotopic (exact) mass is 304 g/mol. The Morgan fingerprint density at radius 1 is 0.700 bits per heavy atom. The van der Waals surface area contributed by atoms with E-state index in [0.29, 0.717) is 0 Å². The maximum atomic E-state index is 4.80. The zero-order chi connectivity index (χ0) is 14.7. The lowest BCUT2D eigenvalue weighted by atomic mass is 9.98. The second-order valence-electron chi connectivity index (χ2n) is 7.30. The number of nitrogens with zero attached hydrogens (tertiary/aromatic N) is 2. The quantitative estimate of drug-likeness (QED) is 0.548. The van der Waals surface area contributed by atoms with Crippen LogP contribution in [0.3, 0.4) is 0 Å². The van der Waals surface area contributed by atoms with E-state index in [1.54, 1.807) is 0 Å². The summed E-state index contributed by atoms with van der Waals surface area (Å²) in [5, 5.41) is 2.40. The van der Waals surface area contributed by atoms with Crippen LogP contribution in [0.1, 0.15) is 51.6 Å². The molecule has 0 saturated carbocycles. The number of hydrogen-bond donors (Lipinski definition) is 0. The van der Waals surface area contributed by atoms with Crippen LogP contribution in [0, 0.1) is 0 Å². The van der Waals surface area contributed by atoms with E-state index in [1.807, 2.05) is 22.7 Å². The molecule has 3 aromatic rings. The summed E-state index contributed by atoms with van der Waals surface area (Å²) in [7, 11) is 0. The van der Waals surface area contributed by atoms with Crippen molar-refractivity contribution in [1.82, 2.24) is 9.97 Å². The molecule has 0 aliphatic rings. The van der Waals surface area contributed by atoms with Crippen LogP contribution in [0.15, 0.2) is 12.1 Å². The van der Waals surface area contributed by atoms with Gasteiger partial charge < -0.3 is 0 Å². The molecule has 0 saturated heterocycles. The van der Waals surface area contributed by atoms with Crippen molar-refractivity contribution in [2.75, 3.05) is 0 Å². The van der Waals surface area contributed by atoms with E-state index in [9.17, 15) is 0 Å². The fourth-order valence-electron chi connectivity index (χ4n) is 2.01. The van der Waals surface area contributed by atoms with Gasteiger partial charge in [-0.2, -0.15) is 0 Å². The summed E-state index contributed by atoms with van der Waals surface area (Å²) in [5.74, 6) is 0. The SMILES string of the molecule is CC(C)(C)c1nc2ccc3nc(C(C)(C)C)sc3c2s1. The highest BCUT2D eigenvalue weighted by atomic mass is 32.1. The molecule has 0 N–H and O–H groups in total. The van der Waals surface area contributed by atoms with Crippen molar-refractivity contribution >= 4 is 43.1 Å². The Bertz CT molecular complexity index is 715. The Morgan fingerprint density at radius 3 is 1.35 bits per heavy atom. The van der Waals surface area contributed by atoms with Gasteiger partial charge >= 0.3 is 0 Å². The lowest BCUT2D eigenvalue weighted by molar-refractivity contribution is 0.586. The van der Waals surface area contributed by atoms with Gasteiger partial charge in [0.25, 0.3) is 0 Å². The normalized spacial score (nSPS) is 13.5. The smallest absolute Gasteiger partial charge is 0.0992 e. The molecule has 106 valence electrons. The molecule has 2 aromatic heterocycles. The van der Waals surface area contributed by atoms with E-state index >= 15 is 0 Å². The van der Waals surface area contributed by atoms with Crippen molar-refractivity contribution in [2.45, 2.75) is 52.4 Å². The zero-order valence-electron chi connectivity index (χ0n) is 12.9. The summed E-state index contributed by atoms with van der Waals surface area (Å²) in [5.41, 5.74) is 2.43. The van der Waals surface area contributed by atoms with E-state index in [1.165, 1.54) is 19.4 Å². The molecule has 0 fully saturated rings. The summed E-state index contributed by atoms with van der Waals surface area (Å²) in [4.78, 5) is 9.61. The molecule has 1 aromatic carbocycles. The van der Waals surface area contributed by atoms with Crippen molar-refractivity contribution < 1.29 is 0 Å². The first kappa shape index (κ1) is 14.0. The van der Waals surface area contributed by atoms with Gasteiger partial charge in [0.1, 0.15) is 0 Å². The molecular weight excluding hydrogens is 284 g/mol. The lowest BCUT2D eigenvalue weighted by Crippen LogP contribution is -2.09. The maximum Gasteiger partial charge on any atom is 0.0992 e. The lowest BCUT2D eigenvalue weighted by Gasteiger charge is -2.13. The fraction of sp³-hybridized carbons (Fsp3) is 0.500. The van der Waals surface area contributed by atoms with Crippen LogP contribution in [0.4, 0.5) is 0 Å². The molecule has 3 rings (SSSR count). The van der Waals surface area contributed by atoms with Crippen LogP contribution in [0.5, 0.6) is 0 Å². The van der Waals surface area contributed by atoms with Crippen molar-refractivity contribution in [3.05, 3.63) is 22.1 Å². The minimum Gasteiger partial charge on any atom is -0.241 e. The maximum absolute atomic E-state index is 4.80. The highest BCUT2D eigenvalue weighted by Crippen LogP contribution is 2.39. The summed E-state index contributed by atoms with van der Waals surface area (Å²) >= 11 is 3.63. The van der Waals surface area contributed by atoms with Gasteiger partial charge in [-0.25, -0.2) is 9.97 Å². The number of hydrogen-bond acceptors (Lipinski definition) is 4. The Hall–Kier alpha value is -1.00. The first-order chi connectivity index (χ1) is 9.16. The Kier molecular flexibility index (Phi) is 2.96. The van der Waals surface area contributed by atoms with Gasteiger partial charge in [0.15, 0.2) is 0 Å². The molecule has 2 nitrogen and oxygen atoms in total. The van der Waals surface area contributed by atoms with Crippen molar-refractivity contribution in [3.8, 4) is 0 Å². The predicted octanol–water partition coefficient (Wildman–Crippen LogP) is 5.50. The van der Waals surface area contributed by atoms with Gasteiger partial charge in [0, 0.05) is 10.8 Å². The average Bonchev–Trinajstić information content (AvgIpc) is 2.90. The van der Waals surface area contributed by atoms with Gasteiger partial charge in [-0.1, -0.05) is 41.5 Å². The van der Waals surface area contributed by atoms with Gasteiger partial charge in [-0.15, -0.1) is 22.7 Å². The Labute approximate surface area is 127 Å². The fourth-order valence-corrected chi connectivity index (χ4v) is 4.38. The number of benzene rings is 1. The molecule has 0 aliphatic heterocycles. The Morgan fingerprint density at radius 2 is 1.05 bits per heavy atom. The number of thiazole rings is 2. The molecular formula is C16H20N2S2. The van der Waals surface area contributed by atoms with Crippen LogP contribution >= 0.6 is 22.7 Å². The van der Waals surface area contributed by atoms with Gasteiger partial charge in [-0.05, 0) is 12.1 Å². The molecule has 0 atom stereocenters. The Balaban J connectivity index is 2.30. The van der Waals surface area contributed by atoms with E-state index < -0.39 is 0 Å².